The van der Waals surface area contributed by atoms with Crippen LogP contribution in [0.4, 0.5) is 0 Å². The molecule has 0 saturated carbocycles. The second-order valence-corrected chi connectivity index (χ2v) is 4.23. The number of nitrogens with one attached hydrogen (secondary N) is 1. The Hall–Kier alpha value is -2.15. The highest BCUT2D eigenvalue weighted by atomic mass is 16.5. The number of carbonyl (C=O) groups excluding carboxylic acids is 1. The number of allylic oxidation sites excluding steroid dienone is 1. The number of aromatic nitrogens is 1. The lowest BCUT2D eigenvalue weighted by Gasteiger charge is -2.10. The third-order valence-electron chi connectivity index (χ3n) is 2.75. The van der Waals surface area contributed by atoms with Gasteiger partial charge < -0.3 is 14.6 Å². The number of aryl methyl sites for hydroxylation is 1. The largest absolute Gasteiger partial charge is 0.487 e. The molecule has 0 saturated heterocycles. The minimum atomic E-state index is -0.166. The van der Waals surface area contributed by atoms with Gasteiger partial charge in [-0.25, -0.2) is 0 Å². The third kappa shape index (κ3) is 3.92. The Balaban J connectivity index is 2.81. The Morgan fingerprint density at radius 2 is 2.37 bits per heavy atom. The Morgan fingerprint density at radius 3 is 2.95 bits per heavy atom. The van der Waals surface area contributed by atoms with Crippen LogP contribution in [-0.2, 0) is 7.05 Å². The van der Waals surface area contributed by atoms with Crippen LogP contribution in [0.25, 0.3) is 0 Å². The molecule has 0 spiro atoms. The number of nitrogens with zero attached hydrogens (tertiary/aromatic N) is 1. The van der Waals surface area contributed by atoms with Gasteiger partial charge in [-0.15, -0.1) is 6.42 Å². The molecule has 102 valence electrons. The van der Waals surface area contributed by atoms with Crippen LogP contribution in [0.1, 0.15) is 30.3 Å². The van der Waals surface area contributed by atoms with Crippen molar-refractivity contribution in [1.82, 2.24) is 9.88 Å². The number of hydrogen-bond donors (Lipinski definition) is 1. The van der Waals surface area contributed by atoms with Gasteiger partial charge in [0.05, 0.1) is 0 Å². The molecule has 0 aromatic carbocycles. The Labute approximate surface area is 114 Å². The van der Waals surface area contributed by atoms with Gasteiger partial charge in [0.2, 0.25) is 0 Å². The number of carbonyl (C=O) groups is 1. The molecule has 19 heavy (non-hydrogen) atoms. The normalized spacial score (nSPS) is 10.9. The van der Waals surface area contributed by atoms with Crippen LogP contribution >= 0.6 is 0 Å². The van der Waals surface area contributed by atoms with Crippen LogP contribution in [0.3, 0.4) is 0 Å². The second kappa shape index (κ2) is 7.32. The van der Waals surface area contributed by atoms with Crippen molar-refractivity contribution in [1.29, 1.82) is 0 Å². The molecular weight excluding hydrogens is 240 g/mol. The van der Waals surface area contributed by atoms with E-state index in [1.54, 1.807) is 30.0 Å². The molecule has 4 heteroatoms. The van der Waals surface area contributed by atoms with Crippen LogP contribution in [0, 0.1) is 12.3 Å². The van der Waals surface area contributed by atoms with Gasteiger partial charge in [-0.1, -0.05) is 19.3 Å². The van der Waals surface area contributed by atoms with Crippen molar-refractivity contribution in [3.8, 4) is 18.1 Å². The Bertz CT molecular complexity index is 507. The van der Waals surface area contributed by atoms with Crippen LogP contribution in [-0.4, -0.2) is 24.1 Å². The molecule has 1 aromatic rings. The van der Waals surface area contributed by atoms with Gasteiger partial charge in [-0.2, -0.15) is 0 Å². The van der Waals surface area contributed by atoms with Crippen molar-refractivity contribution in [3.05, 3.63) is 29.6 Å². The van der Waals surface area contributed by atoms with Crippen molar-refractivity contribution in [2.24, 2.45) is 7.05 Å². The zero-order chi connectivity index (χ0) is 14.3. The maximum Gasteiger partial charge on any atom is 0.271 e. The lowest BCUT2D eigenvalue weighted by atomic mass is 10.1. The van der Waals surface area contributed by atoms with E-state index in [2.05, 4.69) is 18.2 Å². The molecule has 1 rings (SSSR count). The average molecular weight is 260 g/mol. The van der Waals surface area contributed by atoms with Gasteiger partial charge >= 0.3 is 0 Å². The van der Waals surface area contributed by atoms with Crippen molar-refractivity contribution >= 4 is 5.91 Å². The van der Waals surface area contributed by atoms with E-state index in [4.69, 9.17) is 11.2 Å². The molecule has 4 nitrogen and oxygen atoms in total. The third-order valence-corrected chi connectivity index (χ3v) is 2.75. The zero-order valence-electron chi connectivity index (χ0n) is 11.7. The minimum absolute atomic E-state index is 0.166. The first kappa shape index (κ1) is 14.9. The van der Waals surface area contributed by atoms with Crippen LogP contribution in [0.5, 0.6) is 5.75 Å². The van der Waals surface area contributed by atoms with Crippen molar-refractivity contribution in [2.75, 3.05) is 13.7 Å². The van der Waals surface area contributed by atoms with Crippen LogP contribution in [0.15, 0.2) is 23.9 Å². The maximum absolute atomic E-state index is 11.8. The fraction of sp³-hybridized carbons (Fsp3) is 0.400. The minimum Gasteiger partial charge on any atom is -0.487 e. The Morgan fingerprint density at radius 1 is 1.63 bits per heavy atom. The van der Waals surface area contributed by atoms with Crippen molar-refractivity contribution < 1.29 is 9.53 Å². The van der Waals surface area contributed by atoms with Gasteiger partial charge in [0.15, 0.2) is 5.75 Å². The zero-order valence-corrected chi connectivity index (χ0v) is 11.7. The van der Waals surface area contributed by atoms with E-state index in [9.17, 15) is 4.79 Å². The van der Waals surface area contributed by atoms with E-state index >= 15 is 0 Å². The highest BCUT2D eigenvalue weighted by Crippen LogP contribution is 2.20. The fourth-order valence-electron chi connectivity index (χ4n) is 1.81. The predicted octanol–water partition coefficient (Wildman–Crippen LogP) is 2.12. The van der Waals surface area contributed by atoms with Crippen LogP contribution < -0.4 is 10.1 Å². The lowest BCUT2D eigenvalue weighted by Crippen LogP contribution is -2.21. The van der Waals surface area contributed by atoms with Crippen LogP contribution in [0.2, 0.25) is 0 Å². The molecule has 0 aliphatic carbocycles. The summed E-state index contributed by atoms with van der Waals surface area (Å²) in [4.78, 5) is 11.8. The highest BCUT2D eigenvalue weighted by Gasteiger charge is 2.15. The second-order valence-electron chi connectivity index (χ2n) is 4.23. The summed E-state index contributed by atoms with van der Waals surface area (Å²) >= 11 is 0. The summed E-state index contributed by atoms with van der Waals surface area (Å²) in [6.07, 6.45) is 10.7. The summed E-state index contributed by atoms with van der Waals surface area (Å²) in [6.45, 7) is 2.49. The van der Waals surface area contributed by atoms with Gasteiger partial charge in [-0.3, -0.25) is 4.79 Å². The summed E-state index contributed by atoms with van der Waals surface area (Å²) in [5.41, 5.74) is 1.57. The quantitative estimate of drug-likeness (QED) is 0.796. The van der Waals surface area contributed by atoms with Gasteiger partial charge in [0, 0.05) is 20.3 Å². The average Bonchev–Trinajstić information content (AvgIpc) is 2.77. The SMILES string of the molecule is C#C/C=C(\CCC)COc1ccn(C)c1C(=O)NC. The first-order valence-corrected chi connectivity index (χ1v) is 6.28. The Kier molecular flexibility index (Phi) is 5.74. The number of hydrogen-bond acceptors (Lipinski definition) is 2. The summed E-state index contributed by atoms with van der Waals surface area (Å²) in [5.74, 6) is 2.92. The molecule has 1 amide bonds. The molecule has 0 unspecified atom stereocenters. The molecule has 1 heterocycles. The number of ether oxygens (including phenoxy) is 1. The first-order chi connectivity index (χ1) is 9.13. The molecule has 0 aliphatic heterocycles. The lowest BCUT2D eigenvalue weighted by molar-refractivity contribution is 0.0951. The number of amides is 1. The molecule has 0 radical (unpaired) electrons. The smallest absolute Gasteiger partial charge is 0.271 e. The van der Waals surface area contributed by atoms with Gasteiger partial charge in [0.25, 0.3) is 5.91 Å². The standard InChI is InChI=1S/C15H20N2O2/c1-5-7-12(8-6-2)11-19-13-9-10-17(4)14(13)15(18)16-3/h1,7,9-10H,6,8,11H2,2-4H3,(H,16,18)/b12-7+. The summed E-state index contributed by atoms with van der Waals surface area (Å²) < 4.78 is 7.44. The van der Waals surface area contributed by atoms with E-state index in [1.165, 1.54) is 0 Å². The molecule has 0 atom stereocenters. The molecule has 1 aromatic heterocycles. The summed E-state index contributed by atoms with van der Waals surface area (Å²) in [6, 6.07) is 1.78. The summed E-state index contributed by atoms with van der Waals surface area (Å²) in [5, 5.41) is 2.60. The maximum atomic E-state index is 11.8. The van der Waals surface area contributed by atoms with E-state index < -0.39 is 0 Å². The molecule has 1 N–H and O–H groups in total. The van der Waals surface area contributed by atoms with Crippen molar-refractivity contribution in [3.63, 3.8) is 0 Å². The fourth-order valence-corrected chi connectivity index (χ4v) is 1.81. The van der Waals surface area contributed by atoms with E-state index in [-0.39, 0.29) is 5.91 Å². The van der Waals surface area contributed by atoms with E-state index in [0.29, 0.717) is 18.1 Å². The topological polar surface area (TPSA) is 43.3 Å². The molecule has 0 aliphatic rings. The monoisotopic (exact) mass is 260 g/mol. The van der Waals surface area contributed by atoms with Gasteiger partial charge in [-0.05, 0) is 24.1 Å². The number of terminal acetylenes is 1. The van der Waals surface area contributed by atoms with E-state index in [0.717, 1.165) is 18.4 Å². The van der Waals surface area contributed by atoms with E-state index in [1.807, 2.05) is 7.05 Å². The first-order valence-electron chi connectivity index (χ1n) is 6.28. The molecular formula is C15H20N2O2. The highest BCUT2D eigenvalue weighted by molar-refractivity contribution is 5.95. The molecule has 0 bridgehead atoms. The van der Waals surface area contributed by atoms with Gasteiger partial charge in [0.1, 0.15) is 12.3 Å². The number of rotatable bonds is 6. The van der Waals surface area contributed by atoms with Crippen molar-refractivity contribution in [2.45, 2.75) is 19.8 Å². The summed E-state index contributed by atoms with van der Waals surface area (Å²) in [7, 11) is 3.40. The predicted molar refractivity (Wildman–Crippen MR) is 76.1 cm³/mol. The molecule has 0 fully saturated rings.